The SMILES string of the molecule is CCOc1cc2c(cc1OCC)C[NH+](CC(=O)Nc1ccc(C)cc1Cl)CC2. The molecule has 0 spiro atoms. The number of hydrogen-bond donors (Lipinski definition) is 2. The van der Waals surface area contributed by atoms with Gasteiger partial charge in [-0.15, -0.1) is 0 Å². The third-order valence-corrected chi connectivity index (χ3v) is 5.18. The van der Waals surface area contributed by atoms with Crippen LogP contribution in [0.4, 0.5) is 5.69 Å². The number of nitrogens with one attached hydrogen (secondary N) is 2. The van der Waals surface area contributed by atoms with E-state index >= 15 is 0 Å². The van der Waals surface area contributed by atoms with E-state index in [-0.39, 0.29) is 5.91 Å². The third kappa shape index (κ3) is 4.97. The van der Waals surface area contributed by atoms with Crippen LogP contribution in [-0.2, 0) is 17.8 Å². The second kappa shape index (κ2) is 9.30. The fraction of sp³-hybridized carbons (Fsp3) is 0.409. The quantitative estimate of drug-likeness (QED) is 0.747. The van der Waals surface area contributed by atoms with E-state index in [1.807, 2.05) is 39.0 Å². The maximum atomic E-state index is 12.5. The van der Waals surface area contributed by atoms with Crippen molar-refractivity contribution in [3.8, 4) is 11.5 Å². The molecule has 0 saturated carbocycles. The average Bonchev–Trinajstić information content (AvgIpc) is 2.65. The van der Waals surface area contributed by atoms with Crippen molar-refractivity contribution in [1.29, 1.82) is 0 Å². The topological polar surface area (TPSA) is 52.0 Å². The lowest BCUT2D eigenvalue weighted by molar-refractivity contribution is -0.907. The standard InChI is InChI=1S/C22H27ClN2O3/c1-4-27-20-11-16-8-9-25(13-17(16)12-21(20)28-5-2)14-22(26)24-19-7-6-15(3)10-18(19)23/h6-7,10-12H,4-5,8-9,13-14H2,1-3H3,(H,24,26)/p+1. The zero-order valence-electron chi connectivity index (χ0n) is 16.7. The zero-order valence-corrected chi connectivity index (χ0v) is 17.5. The predicted molar refractivity (Wildman–Crippen MR) is 112 cm³/mol. The molecule has 2 aromatic rings. The Morgan fingerprint density at radius 1 is 1.11 bits per heavy atom. The minimum atomic E-state index is -0.0276. The van der Waals surface area contributed by atoms with E-state index in [2.05, 4.69) is 17.4 Å². The number of carbonyl (C=O) groups excluding carboxylic acids is 1. The van der Waals surface area contributed by atoms with Gasteiger partial charge in [-0.25, -0.2) is 0 Å². The van der Waals surface area contributed by atoms with E-state index < -0.39 is 0 Å². The predicted octanol–water partition coefficient (Wildman–Crippen LogP) is 3.03. The van der Waals surface area contributed by atoms with Crippen LogP contribution in [0.3, 0.4) is 0 Å². The summed E-state index contributed by atoms with van der Waals surface area (Å²) in [6.07, 6.45) is 0.912. The van der Waals surface area contributed by atoms with Gasteiger partial charge < -0.3 is 19.7 Å². The first kappa shape index (κ1) is 20.5. The van der Waals surface area contributed by atoms with E-state index in [9.17, 15) is 4.79 Å². The van der Waals surface area contributed by atoms with E-state index in [0.717, 1.165) is 36.6 Å². The Kier molecular flexibility index (Phi) is 6.81. The number of aryl methyl sites for hydroxylation is 1. The van der Waals surface area contributed by atoms with Gasteiger partial charge in [0.1, 0.15) is 6.54 Å². The lowest BCUT2D eigenvalue weighted by Crippen LogP contribution is -3.12. The Bertz CT molecular complexity index is 854. The van der Waals surface area contributed by atoms with Gasteiger partial charge in [-0.1, -0.05) is 17.7 Å². The molecule has 0 saturated heterocycles. The Morgan fingerprint density at radius 2 is 1.79 bits per heavy atom. The normalized spacial score (nSPS) is 15.6. The number of carbonyl (C=O) groups is 1. The number of anilines is 1. The molecule has 1 aliphatic rings. The maximum absolute atomic E-state index is 12.5. The van der Waals surface area contributed by atoms with Gasteiger partial charge in [0.25, 0.3) is 5.91 Å². The number of quaternary nitrogens is 1. The van der Waals surface area contributed by atoms with Gasteiger partial charge in [-0.05, 0) is 56.2 Å². The molecule has 0 fully saturated rings. The lowest BCUT2D eigenvalue weighted by Gasteiger charge is -2.26. The fourth-order valence-corrected chi connectivity index (χ4v) is 3.82. The summed E-state index contributed by atoms with van der Waals surface area (Å²) in [4.78, 5) is 13.7. The lowest BCUT2D eigenvalue weighted by atomic mass is 9.98. The van der Waals surface area contributed by atoms with Crippen LogP contribution in [0.15, 0.2) is 30.3 Å². The Balaban J connectivity index is 1.67. The van der Waals surface area contributed by atoms with Crippen LogP contribution in [0.2, 0.25) is 5.02 Å². The molecule has 0 aromatic heterocycles. The highest BCUT2D eigenvalue weighted by molar-refractivity contribution is 6.33. The minimum Gasteiger partial charge on any atom is -0.490 e. The Hall–Kier alpha value is -2.24. The van der Waals surface area contributed by atoms with Crippen molar-refractivity contribution in [2.24, 2.45) is 0 Å². The number of hydrogen-bond acceptors (Lipinski definition) is 3. The summed E-state index contributed by atoms with van der Waals surface area (Å²) in [6, 6.07) is 9.80. The average molecular weight is 404 g/mol. The van der Waals surface area contributed by atoms with Crippen LogP contribution in [0.1, 0.15) is 30.5 Å². The van der Waals surface area contributed by atoms with Crippen molar-refractivity contribution >= 4 is 23.2 Å². The van der Waals surface area contributed by atoms with Gasteiger partial charge in [0.05, 0.1) is 30.5 Å². The van der Waals surface area contributed by atoms with Crippen LogP contribution in [0, 0.1) is 6.92 Å². The van der Waals surface area contributed by atoms with Crippen molar-refractivity contribution < 1.29 is 19.2 Å². The first-order valence-corrected chi connectivity index (χ1v) is 10.2. The highest BCUT2D eigenvalue weighted by Crippen LogP contribution is 2.32. The first-order chi connectivity index (χ1) is 13.5. The number of halogens is 1. The first-order valence-electron chi connectivity index (χ1n) is 9.81. The molecule has 1 unspecified atom stereocenters. The summed E-state index contributed by atoms with van der Waals surface area (Å²) in [6.45, 7) is 9.21. The Morgan fingerprint density at radius 3 is 2.43 bits per heavy atom. The summed E-state index contributed by atoms with van der Waals surface area (Å²) in [5.41, 5.74) is 4.22. The largest absolute Gasteiger partial charge is 0.490 e. The molecular formula is C22H28ClN2O3+. The van der Waals surface area contributed by atoms with Gasteiger partial charge in [-0.2, -0.15) is 0 Å². The van der Waals surface area contributed by atoms with Crippen LogP contribution in [0.25, 0.3) is 0 Å². The molecule has 2 aromatic carbocycles. The van der Waals surface area contributed by atoms with E-state index in [1.165, 1.54) is 16.0 Å². The number of ether oxygens (including phenoxy) is 2. The molecule has 150 valence electrons. The van der Waals surface area contributed by atoms with E-state index in [4.69, 9.17) is 21.1 Å². The van der Waals surface area contributed by atoms with Gasteiger partial charge in [0, 0.05) is 12.0 Å². The number of benzene rings is 2. The second-order valence-electron chi connectivity index (χ2n) is 7.07. The molecule has 5 nitrogen and oxygen atoms in total. The number of amides is 1. The van der Waals surface area contributed by atoms with Crippen molar-refractivity contribution in [3.05, 3.63) is 52.0 Å². The molecular weight excluding hydrogens is 376 g/mol. The molecule has 0 aliphatic carbocycles. The van der Waals surface area contributed by atoms with Gasteiger partial charge in [0.15, 0.2) is 18.0 Å². The second-order valence-corrected chi connectivity index (χ2v) is 7.48. The number of rotatable bonds is 7. The van der Waals surface area contributed by atoms with Gasteiger partial charge in [0.2, 0.25) is 0 Å². The van der Waals surface area contributed by atoms with Crippen molar-refractivity contribution in [1.82, 2.24) is 0 Å². The summed E-state index contributed by atoms with van der Waals surface area (Å²) < 4.78 is 11.5. The number of fused-ring (bicyclic) bond motifs is 1. The summed E-state index contributed by atoms with van der Waals surface area (Å²) >= 11 is 6.22. The van der Waals surface area contributed by atoms with E-state index in [1.54, 1.807) is 0 Å². The van der Waals surface area contributed by atoms with Crippen molar-refractivity contribution in [2.45, 2.75) is 33.7 Å². The van der Waals surface area contributed by atoms with Gasteiger partial charge in [-0.3, -0.25) is 4.79 Å². The van der Waals surface area contributed by atoms with Gasteiger partial charge >= 0.3 is 0 Å². The molecule has 1 amide bonds. The monoisotopic (exact) mass is 403 g/mol. The molecule has 0 radical (unpaired) electrons. The summed E-state index contributed by atoms with van der Waals surface area (Å²) in [5, 5.41) is 3.50. The maximum Gasteiger partial charge on any atom is 0.279 e. The molecule has 2 N–H and O–H groups in total. The molecule has 1 aliphatic heterocycles. The highest BCUT2D eigenvalue weighted by atomic mass is 35.5. The van der Waals surface area contributed by atoms with Crippen LogP contribution < -0.4 is 19.7 Å². The van der Waals surface area contributed by atoms with Crippen molar-refractivity contribution in [3.63, 3.8) is 0 Å². The fourth-order valence-electron chi connectivity index (χ4n) is 3.54. The van der Waals surface area contributed by atoms with Crippen LogP contribution in [-0.4, -0.2) is 32.2 Å². The van der Waals surface area contributed by atoms with Crippen LogP contribution in [0.5, 0.6) is 11.5 Å². The molecule has 1 heterocycles. The third-order valence-electron chi connectivity index (χ3n) is 4.86. The Labute approximate surface area is 171 Å². The molecule has 0 bridgehead atoms. The molecule has 3 rings (SSSR count). The highest BCUT2D eigenvalue weighted by Gasteiger charge is 2.24. The summed E-state index contributed by atoms with van der Waals surface area (Å²) in [5.74, 6) is 1.55. The summed E-state index contributed by atoms with van der Waals surface area (Å²) in [7, 11) is 0. The van der Waals surface area contributed by atoms with Crippen LogP contribution >= 0.6 is 11.6 Å². The zero-order chi connectivity index (χ0) is 20.1. The smallest absolute Gasteiger partial charge is 0.279 e. The van der Waals surface area contributed by atoms with Crippen molar-refractivity contribution in [2.75, 3.05) is 31.6 Å². The molecule has 6 heteroatoms. The minimum absolute atomic E-state index is 0.0276. The molecule has 1 atom stereocenters. The van der Waals surface area contributed by atoms with E-state index in [0.29, 0.717) is 30.5 Å². The molecule has 28 heavy (non-hydrogen) atoms.